The fraction of sp³-hybridized carbons (Fsp3) is 0.400. The zero-order valence-corrected chi connectivity index (χ0v) is 15.8. The molecule has 2 rings (SSSR count). The lowest BCUT2D eigenvalue weighted by Gasteiger charge is -2.30. The number of carbonyl (C=O) groups excluding carboxylic acids is 1. The van der Waals surface area contributed by atoms with Crippen LogP contribution in [0.1, 0.15) is 60.6 Å². The second-order valence-electron chi connectivity index (χ2n) is 6.86. The molecule has 6 heteroatoms. The molecule has 0 aliphatic rings. The average Bonchev–Trinajstić information content (AvgIpc) is 2.96. The third-order valence-corrected chi connectivity index (χ3v) is 4.35. The Morgan fingerprint density at radius 1 is 1.31 bits per heavy atom. The van der Waals surface area contributed by atoms with Crippen molar-refractivity contribution in [3.63, 3.8) is 0 Å². The van der Waals surface area contributed by atoms with Crippen LogP contribution in [0.3, 0.4) is 0 Å². The van der Waals surface area contributed by atoms with E-state index in [1.165, 1.54) is 7.11 Å². The molecule has 6 nitrogen and oxygen atoms in total. The van der Waals surface area contributed by atoms with Crippen LogP contribution >= 0.6 is 0 Å². The Morgan fingerprint density at radius 2 is 2.00 bits per heavy atom. The second kappa shape index (κ2) is 7.64. The summed E-state index contributed by atoms with van der Waals surface area (Å²) in [6.07, 6.45) is -0.264. The first kappa shape index (κ1) is 19.6. The summed E-state index contributed by atoms with van der Waals surface area (Å²) < 4.78 is 10.9. The lowest BCUT2D eigenvalue weighted by molar-refractivity contribution is -0.138. The van der Waals surface area contributed by atoms with Crippen molar-refractivity contribution in [1.29, 1.82) is 0 Å². The lowest BCUT2D eigenvalue weighted by Crippen LogP contribution is -2.45. The van der Waals surface area contributed by atoms with Crippen molar-refractivity contribution in [2.45, 2.75) is 45.6 Å². The van der Waals surface area contributed by atoms with Crippen LogP contribution < -0.4 is 10.1 Å². The number of hydrogen-bond acceptors (Lipinski definition) is 4. The van der Waals surface area contributed by atoms with Gasteiger partial charge in [-0.05, 0) is 37.6 Å². The maximum absolute atomic E-state index is 12.8. The number of carboxylic acid groups (broad SMARTS) is 1. The molecular weight excluding hydrogens is 334 g/mol. The third kappa shape index (κ3) is 4.25. The Morgan fingerprint density at radius 3 is 2.54 bits per heavy atom. The molecule has 0 aliphatic carbocycles. The number of rotatable bonds is 7. The van der Waals surface area contributed by atoms with Crippen molar-refractivity contribution in [3.8, 4) is 5.75 Å². The van der Waals surface area contributed by atoms with Crippen LogP contribution in [0.25, 0.3) is 0 Å². The van der Waals surface area contributed by atoms with E-state index in [0.29, 0.717) is 28.4 Å². The van der Waals surface area contributed by atoms with E-state index < -0.39 is 11.5 Å². The monoisotopic (exact) mass is 359 g/mol. The molecule has 0 fully saturated rings. The number of hydrogen-bond donors (Lipinski definition) is 2. The van der Waals surface area contributed by atoms with Crippen molar-refractivity contribution >= 4 is 11.9 Å². The molecule has 140 valence electrons. The number of benzene rings is 1. The van der Waals surface area contributed by atoms with E-state index in [4.69, 9.17) is 9.15 Å². The SMILES string of the molecule is COc1cccc(C(C)(CC(=O)O)NC(=O)c2cc(C(C)C)oc2C)c1. The smallest absolute Gasteiger partial charge is 0.306 e. The van der Waals surface area contributed by atoms with Gasteiger partial charge < -0.3 is 19.6 Å². The topological polar surface area (TPSA) is 88.8 Å². The van der Waals surface area contributed by atoms with E-state index in [1.54, 1.807) is 44.2 Å². The molecular formula is C20H25NO5. The summed E-state index contributed by atoms with van der Waals surface area (Å²) >= 11 is 0. The van der Waals surface area contributed by atoms with Gasteiger partial charge in [0.2, 0.25) is 0 Å². The first-order valence-electron chi connectivity index (χ1n) is 8.45. The molecule has 1 atom stereocenters. The highest BCUT2D eigenvalue weighted by atomic mass is 16.5. The molecule has 1 aromatic carbocycles. The zero-order valence-electron chi connectivity index (χ0n) is 15.8. The number of aliphatic carboxylic acids is 1. The Hall–Kier alpha value is -2.76. The summed E-state index contributed by atoms with van der Waals surface area (Å²) in [5.41, 5.74) is -0.0369. The fourth-order valence-corrected chi connectivity index (χ4v) is 2.82. The predicted octanol–water partition coefficient (Wildman–Crippen LogP) is 3.84. The quantitative estimate of drug-likeness (QED) is 0.784. The molecule has 0 bridgehead atoms. The van der Waals surface area contributed by atoms with Gasteiger partial charge in [-0.15, -0.1) is 0 Å². The van der Waals surface area contributed by atoms with Crippen molar-refractivity contribution in [3.05, 3.63) is 53.0 Å². The highest BCUT2D eigenvalue weighted by Crippen LogP contribution is 2.29. The second-order valence-corrected chi connectivity index (χ2v) is 6.86. The summed E-state index contributed by atoms with van der Waals surface area (Å²) in [6.45, 7) is 7.36. The van der Waals surface area contributed by atoms with Gasteiger partial charge in [0.1, 0.15) is 17.3 Å². The number of methoxy groups -OCH3 is 1. The van der Waals surface area contributed by atoms with E-state index in [1.807, 2.05) is 13.8 Å². The number of ether oxygens (including phenoxy) is 1. The molecule has 1 aromatic heterocycles. The molecule has 2 N–H and O–H groups in total. The van der Waals surface area contributed by atoms with Crippen LogP contribution in [-0.4, -0.2) is 24.1 Å². The predicted molar refractivity (Wildman–Crippen MR) is 97.6 cm³/mol. The Labute approximate surface area is 153 Å². The van der Waals surface area contributed by atoms with Gasteiger partial charge in [0.05, 0.1) is 24.6 Å². The van der Waals surface area contributed by atoms with Crippen LogP contribution in [0.2, 0.25) is 0 Å². The number of nitrogens with one attached hydrogen (secondary N) is 1. The first-order valence-corrected chi connectivity index (χ1v) is 8.45. The number of furan rings is 1. The van der Waals surface area contributed by atoms with Crippen molar-refractivity contribution in [2.75, 3.05) is 7.11 Å². The number of aryl methyl sites for hydroxylation is 1. The third-order valence-electron chi connectivity index (χ3n) is 4.35. The van der Waals surface area contributed by atoms with Crippen LogP contribution in [0.5, 0.6) is 5.75 Å². The summed E-state index contributed by atoms with van der Waals surface area (Å²) in [4.78, 5) is 24.3. The highest BCUT2D eigenvalue weighted by Gasteiger charge is 2.33. The Balaban J connectivity index is 2.38. The minimum atomic E-state index is -1.10. The van der Waals surface area contributed by atoms with Crippen LogP contribution in [0.4, 0.5) is 0 Å². The Bertz CT molecular complexity index is 808. The van der Waals surface area contributed by atoms with Gasteiger partial charge in [-0.25, -0.2) is 0 Å². The maximum Gasteiger partial charge on any atom is 0.306 e. The number of carbonyl (C=O) groups is 2. The van der Waals surface area contributed by atoms with Gasteiger partial charge in [-0.2, -0.15) is 0 Å². The first-order chi connectivity index (χ1) is 12.2. The minimum absolute atomic E-state index is 0.152. The molecule has 0 radical (unpaired) electrons. The van der Waals surface area contributed by atoms with Gasteiger partial charge in [-0.3, -0.25) is 9.59 Å². The van der Waals surface area contributed by atoms with Crippen LogP contribution in [-0.2, 0) is 10.3 Å². The summed E-state index contributed by atoms with van der Waals surface area (Å²) in [5.74, 6) is 0.588. The lowest BCUT2D eigenvalue weighted by atomic mass is 9.88. The van der Waals surface area contributed by atoms with Gasteiger partial charge in [0.15, 0.2) is 0 Å². The van der Waals surface area contributed by atoms with Crippen LogP contribution in [0, 0.1) is 6.92 Å². The zero-order chi connectivity index (χ0) is 19.5. The molecule has 2 aromatic rings. The number of carboxylic acids is 1. The van der Waals surface area contributed by atoms with Gasteiger partial charge in [0.25, 0.3) is 5.91 Å². The molecule has 26 heavy (non-hydrogen) atoms. The Kier molecular flexibility index (Phi) is 5.75. The molecule has 0 saturated heterocycles. The van der Waals surface area contributed by atoms with Crippen LogP contribution in [0.15, 0.2) is 34.7 Å². The van der Waals surface area contributed by atoms with E-state index in [0.717, 1.165) is 0 Å². The maximum atomic E-state index is 12.8. The fourth-order valence-electron chi connectivity index (χ4n) is 2.82. The molecule has 0 aliphatic heterocycles. The molecule has 0 saturated carbocycles. The molecule has 0 spiro atoms. The van der Waals surface area contributed by atoms with E-state index >= 15 is 0 Å². The van der Waals surface area contributed by atoms with Gasteiger partial charge in [0, 0.05) is 5.92 Å². The van der Waals surface area contributed by atoms with Crippen molar-refractivity contribution in [2.24, 2.45) is 0 Å². The van der Waals surface area contributed by atoms with Gasteiger partial charge >= 0.3 is 5.97 Å². The van der Waals surface area contributed by atoms with E-state index in [-0.39, 0.29) is 18.2 Å². The van der Waals surface area contributed by atoms with Crippen molar-refractivity contribution < 1.29 is 23.8 Å². The van der Waals surface area contributed by atoms with E-state index in [2.05, 4.69) is 5.32 Å². The largest absolute Gasteiger partial charge is 0.497 e. The highest BCUT2D eigenvalue weighted by molar-refractivity contribution is 5.96. The molecule has 1 heterocycles. The van der Waals surface area contributed by atoms with Crippen molar-refractivity contribution in [1.82, 2.24) is 5.32 Å². The van der Waals surface area contributed by atoms with Gasteiger partial charge in [-0.1, -0.05) is 26.0 Å². The minimum Gasteiger partial charge on any atom is -0.497 e. The molecule has 1 amide bonds. The normalized spacial score (nSPS) is 13.3. The number of amides is 1. The standard InChI is InChI=1S/C20H25NO5/c1-12(2)17-10-16(13(3)26-17)19(24)21-20(4,11-18(22)23)14-7-6-8-15(9-14)25-5/h6-10,12H,11H2,1-5H3,(H,21,24)(H,22,23). The molecule has 1 unspecified atom stereocenters. The average molecular weight is 359 g/mol. The summed E-state index contributed by atoms with van der Waals surface area (Å²) in [6, 6.07) is 8.74. The summed E-state index contributed by atoms with van der Waals surface area (Å²) in [7, 11) is 1.54. The summed E-state index contributed by atoms with van der Waals surface area (Å²) in [5, 5.41) is 12.2. The van der Waals surface area contributed by atoms with E-state index in [9.17, 15) is 14.7 Å².